The predicted molar refractivity (Wildman–Crippen MR) is 53.5 cm³/mol. The number of esters is 1. The molecule has 5 heteroatoms. The molecule has 1 N–H and O–H groups in total. The van der Waals surface area contributed by atoms with Crippen LogP contribution in [0.1, 0.15) is 26.2 Å². The minimum atomic E-state index is -0.931. The van der Waals surface area contributed by atoms with Crippen LogP contribution in [0.4, 0.5) is 0 Å². The third-order valence-corrected chi connectivity index (χ3v) is 2.32. The highest BCUT2D eigenvalue weighted by Gasteiger charge is 2.25. The molecule has 88 valence electrons. The van der Waals surface area contributed by atoms with E-state index in [2.05, 4.69) is 4.74 Å². The highest BCUT2D eigenvalue weighted by molar-refractivity contribution is 5.72. The van der Waals surface area contributed by atoms with Crippen LogP contribution >= 0.6 is 0 Å². The van der Waals surface area contributed by atoms with Crippen LogP contribution in [0.2, 0.25) is 0 Å². The van der Waals surface area contributed by atoms with Crippen molar-refractivity contribution in [2.75, 3.05) is 14.2 Å². The number of rotatable bonds is 7. The molecule has 0 spiro atoms. The van der Waals surface area contributed by atoms with Crippen LogP contribution in [0.3, 0.4) is 0 Å². The van der Waals surface area contributed by atoms with Gasteiger partial charge in [-0.2, -0.15) is 0 Å². The van der Waals surface area contributed by atoms with E-state index >= 15 is 0 Å². The van der Waals surface area contributed by atoms with Crippen LogP contribution in [0, 0.1) is 5.92 Å². The second-order valence-corrected chi connectivity index (χ2v) is 3.32. The molecule has 2 unspecified atom stereocenters. The number of ether oxygens (including phenoxy) is 2. The molecule has 0 bridgehead atoms. The van der Waals surface area contributed by atoms with Crippen molar-refractivity contribution in [3.05, 3.63) is 0 Å². The molecule has 0 amide bonds. The van der Waals surface area contributed by atoms with Crippen LogP contribution in [0.25, 0.3) is 0 Å². The van der Waals surface area contributed by atoms with E-state index in [1.807, 2.05) is 6.92 Å². The number of methoxy groups -OCH3 is 2. The Labute approximate surface area is 89.4 Å². The van der Waals surface area contributed by atoms with Gasteiger partial charge in [-0.1, -0.05) is 6.92 Å². The smallest absolute Gasteiger partial charge is 0.305 e. The zero-order valence-electron chi connectivity index (χ0n) is 9.36. The van der Waals surface area contributed by atoms with Gasteiger partial charge < -0.3 is 14.6 Å². The molecule has 0 saturated carbocycles. The zero-order valence-corrected chi connectivity index (χ0v) is 9.36. The van der Waals surface area contributed by atoms with E-state index in [9.17, 15) is 9.59 Å². The molecule has 0 aromatic carbocycles. The molecule has 0 aromatic heterocycles. The minimum Gasteiger partial charge on any atom is -0.481 e. The summed E-state index contributed by atoms with van der Waals surface area (Å²) >= 11 is 0. The number of hydrogen-bond donors (Lipinski definition) is 1. The van der Waals surface area contributed by atoms with Crippen molar-refractivity contribution < 1.29 is 24.2 Å². The molecule has 0 radical (unpaired) electrons. The molecule has 0 saturated heterocycles. The van der Waals surface area contributed by atoms with Crippen molar-refractivity contribution >= 4 is 11.9 Å². The molecule has 0 fully saturated rings. The van der Waals surface area contributed by atoms with Crippen molar-refractivity contribution in [3.8, 4) is 0 Å². The summed E-state index contributed by atoms with van der Waals surface area (Å²) in [6, 6.07) is 0. The highest BCUT2D eigenvalue weighted by Crippen LogP contribution is 2.19. The third kappa shape index (κ3) is 5.37. The number of carboxylic acid groups (broad SMARTS) is 1. The summed E-state index contributed by atoms with van der Waals surface area (Å²) in [7, 11) is 2.80. The Hall–Kier alpha value is -1.10. The van der Waals surface area contributed by atoms with Crippen molar-refractivity contribution in [3.63, 3.8) is 0 Å². The topological polar surface area (TPSA) is 72.8 Å². The first-order valence-corrected chi connectivity index (χ1v) is 4.86. The molecular formula is C10H18O5. The highest BCUT2D eigenvalue weighted by atomic mass is 16.5. The van der Waals surface area contributed by atoms with Gasteiger partial charge in [0.1, 0.15) is 0 Å². The number of carboxylic acids is 1. The van der Waals surface area contributed by atoms with Gasteiger partial charge >= 0.3 is 11.9 Å². The largest absolute Gasteiger partial charge is 0.481 e. The van der Waals surface area contributed by atoms with Crippen molar-refractivity contribution in [1.29, 1.82) is 0 Å². The number of carbonyl (C=O) groups is 2. The van der Waals surface area contributed by atoms with Crippen molar-refractivity contribution in [2.24, 2.45) is 5.92 Å². The van der Waals surface area contributed by atoms with E-state index in [-0.39, 0.29) is 24.9 Å². The lowest BCUT2D eigenvalue weighted by atomic mass is 9.93. The molecule has 15 heavy (non-hydrogen) atoms. The Kier molecular flexibility index (Phi) is 6.70. The van der Waals surface area contributed by atoms with Crippen LogP contribution in [0.5, 0.6) is 0 Å². The Morgan fingerprint density at radius 2 is 1.87 bits per heavy atom. The maximum absolute atomic E-state index is 11.1. The Bertz CT molecular complexity index is 210. The lowest BCUT2D eigenvalue weighted by Crippen LogP contribution is -2.27. The standard InChI is InChI=1S/C10H18O5/c1-4-8(14-2)7(5-9(11)12)6-10(13)15-3/h7-8H,4-6H2,1-3H3,(H,11,12). The zero-order chi connectivity index (χ0) is 11.8. The first-order valence-electron chi connectivity index (χ1n) is 4.86. The third-order valence-electron chi connectivity index (χ3n) is 2.32. The van der Waals surface area contributed by atoms with E-state index in [0.717, 1.165) is 0 Å². The fourth-order valence-electron chi connectivity index (χ4n) is 1.55. The molecule has 0 heterocycles. The van der Waals surface area contributed by atoms with Gasteiger partial charge in [0.25, 0.3) is 0 Å². The van der Waals surface area contributed by atoms with Gasteiger partial charge in [0.15, 0.2) is 0 Å². The van der Waals surface area contributed by atoms with Gasteiger partial charge in [0, 0.05) is 13.0 Å². The quantitative estimate of drug-likeness (QED) is 0.647. The molecule has 0 aliphatic carbocycles. The first-order chi connectivity index (χ1) is 7.04. The van der Waals surface area contributed by atoms with Crippen LogP contribution in [0.15, 0.2) is 0 Å². The lowest BCUT2D eigenvalue weighted by molar-refractivity contribution is -0.145. The number of aliphatic carboxylic acids is 1. The summed E-state index contributed by atoms with van der Waals surface area (Å²) in [4.78, 5) is 21.7. The Balaban J connectivity index is 4.41. The van der Waals surface area contributed by atoms with Gasteiger partial charge in [-0.05, 0) is 6.42 Å². The number of hydrogen-bond acceptors (Lipinski definition) is 4. The van der Waals surface area contributed by atoms with Crippen molar-refractivity contribution in [2.45, 2.75) is 32.3 Å². The van der Waals surface area contributed by atoms with Crippen LogP contribution in [-0.4, -0.2) is 37.4 Å². The second kappa shape index (κ2) is 7.23. The lowest BCUT2D eigenvalue weighted by Gasteiger charge is -2.22. The summed E-state index contributed by atoms with van der Waals surface area (Å²) in [6.07, 6.45) is 0.447. The molecule has 0 aromatic rings. The maximum Gasteiger partial charge on any atom is 0.305 e. The van der Waals surface area contributed by atoms with Gasteiger partial charge in [-0.3, -0.25) is 9.59 Å². The van der Waals surface area contributed by atoms with E-state index in [4.69, 9.17) is 9.84 Å². The van der Waals surface area contributed by atoms with Crippen molar-refractivity contribution in [1.82, 2.24) is 0 Å². The first kappa shape index (κ1) is 13.9. The second-order valence-electron chi connectivity index (χ2n) is 3.32. The minimum absolute atomic E-state index is 0.0785. The molecule has 0 aliphatic heterocycles. The fourth-order valence-corrected chi connectivity index (χ4v) is 1.55. The van der Waals surface area contributed by atoms with Crippen LogP contribution in [-0.2, 0) is 19.1 Å². The Morgan fingerprint density at radius 3 is 2.20 bits per heavy atom. The SMILES string of the molecule is CCC(OC)C(CC(=O)O)CC(=O)OC. The van der Waals surface area contributed by atoms with Gasteiger partial charge in [0.2, 0.25) is 0 Å². The summed E-state index contributed by atoms with van der Waals surface area (Å²) in [6.45, 7) is 1.89. The summed E-state index contributed by atoms with van der Waals surface area (Å²) < 4.78 is 9.65. The van der Waals surface area contributed by atoms with Gasteiger partial charge in [-0.15, -0.1) is 0 Å². The van der Waals surface area contributed by atoms with E-state index in [1.54, 1.807) is 0 Å². The predicted octanol–water partition coefficient (Wildman–Crippen LogP) is 1.07. The average Bonchev–Trinajstić information content (AvgIpc) is 2.18. The van der Waals surface area contributed by atoms with E-state index in [1.165, 1.54) is 14.2 Å². The van der Waals surface area contributed by atoms with E-state index < -0.39 is 11.9 Å². The molecule has 0 rings (SSSR count). The fraction of sp³-hybridized carbons (Fsp3) is 0.800. The number of carbonyl (C=O) groups excluding carboxylic acids is 1. The summed E-state index contributed by atoms with van der Waals surface area (Å²) in [5, 5.41) is 8.70. The normalized spacial score (nSPS) is 14.3. The summed E-state index contributed by atoms with van der Waals surface area (Å²) in [5.41, 5.74) is 0. The molecule has 2 atom stereocenters. The molecule has 5 nitrogen and oxygen atoms in total. The Morgan fingerprint density at radius 1 is 1.27 bits per heavy atom. The monoisotopic (exact) mass is 218 g/mol. The maximum atomic E-state index is 11.1. The summed E-state index contributed by atoms with van der Waals surface area (Å²) in [5.74, 6) is -1.67. The molecule has 0 aliphatic rings. The average molecular weight is 218 g/mol. The molecular weight excluding hydrogens is 200 g/mol. The van der Waals surface area contributed by atoms with Gasteiger partial charge in [-0.25, -0.2) is 0 Å². The van der Waals surface area contributed by atoms with Gasteiger partial charge in [0.05, 0.1) is 26.1 Å². The van der Waals surface area contributed by atoms with Crippen LogP contribution < -0.4 is 0 Å². The van der Waals surface area contributed by atoms with E-state index in [0.29, 0.717) is 6.42 Å².